The van der Waals surface area contributed by atoms with E-state index in [1.54, 1.807) is 30.3 Å². The molecule has 0 saturated heterocycles. The molecule has 0 fully saturated rings. The Morgan fingerprint density at radius 3 is 2.44 bits per heavy atom. The summed E-state index contributed by atoms with van der Waals surface area (Å²) in [6, 6.07) is 21.1. The van der Waals surface area contributed by atoms with Crippen LogP contribution in [0.5, 0.6) is 5.75 Å². The van der Waals surface area contributed by atoms with Crippen LogP contribution in [0.25, 0.3) is 11.1 Å². The van der Waals surface area contributed by atoms with Crippen molar-refractivity contribution in [2.24, 2.45) is 0 Å². The van der Waals surface area contributed by atoms with Crippen LogP contribution in [0.1, 0.15) is 11.1 Å². The topological polar surface area (TPSA) is 46.5 Å². The van der Waals surface area contributed by atoms with Crippen molar-refractivity contribution >= 4 is 5.97 Å². The van der Waals surface area contributed by atoms with Gasteiger partial charge in [0, 0.05) is 5.56 Å². The van der Waals surface area contributed by atoms with Crippen LogP contribution in [0.3, 0.4) is 0 Å². The largest absolute Gasteiger partial charge is 0.488 e. The summed E-state index contributed by atoms with van der Waals surface area (Å²) in [5, 5.41) is 9.00. The van der Waals surface area contributed by atoms with E-state index in [0.717, 1.165) is 5.56 Å². The highest BCUT2D eigenvalue weighted by molar-refractivity contribution is 5.75. The molecule has 4 heteroatoms. The van der Waals surface area contributed by atoms with E-state index in [1.165, 1.54) is 12.1 Å². The van der Waals surface area contributed by atoms with Crippen molar-refractivity contribution in [2.45, 2.75) is 13.0 Å². The van der Waals surface area contributed by atoms with Gasteiger partial charge >= 0.3 is 5.97 Å². The second kappa shape index (κ2) is 7.62. The summed E-state index contributed by atoms with van der Waals surface area (Å²) in [5.41, 5.74) is 2.98. The first-order valence-corrected chi connectivity index (χ1v) is 7.89. The predicted molar refractivity (Wildman–Crippen MR) is 93.9 cm³/mol. The molecule has 0 aliphatic rings. The summed E-state index contributed by atoms with van der Waals surface area (Å²) >= 11 is 0. The lowest BCUT2D eigenvalue weighted by Crippen LogP contribution is -2.02. The number of ether oxygens (including phenoxy) is 1. The molecule has 25 heavy (non-hydrogen) atoms. The van der Waals surface area contributed by atoms with Gasteiger partial charge < -0.3 is 9.84 Å². The second-order valence-electron chi connectivity index (χ2n) is 5.69. The molecule has 0 radical (unpaired) electrons. The maximum absolute atomic E-state index is 13.6. The molecule has 126 valence electrons. The standard InChI is InChI=1S/C21H17FO3/c22-18-8-4-7-17(13-18)19-11-16(12-21(23)24)9-10-20(19)25-14-15-5-2-1-3-6-15/h1-11,13H,12,14H2,(H,23,24). The minimum absolute atomic E-state index is 0.0960. The Hall–Kier alpha value is -3.14. The zero-order chi connectivity index (χ0) is 17.6. The lowest BCUT2D eigenvalue weighted by Gasteiger charge is -2.13. The summed E-state index contributed by atoms with van der Waals surface area (Å²) in [6.45, 7) is 0.376. The average Bonchev–Trinajstić information content (AvgIpc) is 2.61. The maximum Gasteiger partial charge on any atom is 0.307 e. The van der Waals surface area contributed by atoms with Crippen molar-refractivity contribution in [1.29, 1.82) is 0 Å². The SMILES string of the molecule is O=C(O)Cc1ccc(OCc2ccccc2)c(-c2cccc(F)c2)c1. The highest BCUT2D eigenvalue weighted by Gasteiger charge is 2.11. The van der Waals surface area contributed by atoms with Gasteiger partial charge in [-0.25, -0.2) is 4.39 Å². The number of carbonyl (C=O) groups is 1. The molecular formula is C21H17FO3. The molecule has 3 rings (SSSR count). The Morgan fingerprint density at radius 1 is 0.920 bits per heavy atom. The summed E-state index contributed by atoms with van der Waals surface area (Å²) in [4.78, 5) is 11.0. The fraction of sp³-hybridized carbons (Fsp3) is 0.0952. The van der Waals surface area contributed by atoms with E-state index in [9.17, 15) is 9.18 Å². The van der Waals surface area contributed by atoms with Gasteiger partial charge in [-0.2, -0.15) is 0 Å². The Balaban J connectivity index is 1.94. The third-order valence-electron chi connectivity index (χ3n) is 3.77. The zero-order valence-corrected chi connectivity index (χ0v) is 13.5. The van der Waals surface area contributed by atoms with Crippen LogP contribution in [0.4, 0.5) is 4.39 Å². The minimum atomic E-state index is -0.914. The molecule has 0 aliphatic heterocycles. The molecule has 0 aromatic heterocycles. The van der Waals surface area contributed by atoms with Gasteiger partial charge in [0.1, 0.15) is 18.2 Å². The third kappa shape index (κ3) is 4.44. The number of halogens is 1. The lowest BCUT2D eigenvalue weighted by molar-refractivity contribution is -0.136. The van der Waals surface area contributed by atoms with Gasteiger partial charge in [-0.3, -0.25) is 4.79 Å². The van der Waals surface area contributed by atoms with Crippen molar-refractivity contribution in [2.75, 3.05) is 0 Å². The molecule has 1 N–H and O–H groups in total. The number of aliphatic carboxylic acids is 1. The molecule has 0 atom stereocenters. The van der Waals surface area contributed by atoms with E-state index in [4.69, 9.17) is 9.84 Å². The number of hydrogen-bond donors (Lipinski definition) is 1. The van der Waals surface area contributed by atoms with Crippen molar-refractivity contribution in [3.05, 3.63) is 89.7 Å². The Labute approximate surface area is 145 Å². The van der Waals surface area contributed by atoms with E-state index < -0.39 is 5.97 Å². The highest BCUT2D eigenvalue weighted by Crippen LogP contribution is 2.32. The van der Waals surface area contributed by atoms with E-state index in [-0.39, 0.29) is 12.2 Å². The van der Waals surface area contributed by atoms with E-state index in [0.29, 0.717) is 29.0 Å². The first-order chi connectivity index (χ1) is 12.1. The van der Waals surface area contributed by atoms with Gasteiger partial charge in [0.25, 0.3) is 0 Å². The van der Waals surface area contributed by atoms with Crippen molar-refractivity contribution in [3.8, 4) is 16.9 Å². The van der Waals surface area contributed by atoms with Crippen molar-refractivity contribution in [1.82, 2.24) is 0 Å². The number of benzene rings is 3. The van der Waals surface area contributed by atoms with E-state index in [2.05, 4.69) is 0 Å². The maximum atomic E-state index is 13.6. The molecule has 3 aromatic carbocycles. The van der Waals surface area contributed by atoms with Crippen LogP contribution < -0.4 is 4.74 Å². The fourth-order valence-corrected chi connectivity index (χ4v) is 2.60. The highest BCUT2D eigenvalue weighted by atomic mass is 19.1. The van der Waals surface area contributed by atoms with Crippen LogP contribution in [-0.2, 0) is 17.8 Å². The van der Waals surface area contributed by atoms with Gasteiger partial charge in [0.15, 0.2) is 0 Å². The Kier molecular flexibility index (Phi) is 5.09. The Bertz CT molecular complexity index is 875. The van der Waals surface area contributed by atoms with Gasteiger partial charge in [-0.05, 0) is 41.0 Å². The van der Waals surface area contributed by atoms with Crippen LogP contribution in [0.15, 0.2) is 72.8 Å². The monoisotopic (exact) mass is 336 g/mol. The molecule has 3 nitrogen and oxygen atoms in total. The summed E-state index contributed by atoms with van der Waals surface area (Å²) < 4.78 is 19.5. The average molecular weight is 336 g/mol. The summed E-state index contributed by atoms with van der Waals surface area (Å²) in [6.07, 6.45) is -0.0960. The van der Waals surface area contributed by atoms with E-state index in [1.807, 2.05) is 30.3 Å². The van der Waals surface area contributed by atoms with Crippen LogP contribution in [-0.4, -0.2) is 11.1 Å². The van der Waals surface area contributed by atoms with Crippen LogP contribution >= 0.6 is 0 Å². The van der Waals surface area contributed by atoms with Crippen molar-refractivity contribution in [3.63, 3.8) is 0 Å². The second-order valence-corrected chi connectivity index (χ2v) is 5.69. The van der Waals surface area contributed by atoms with Crippen LogP contribution in [0.2, 0.25) is 0 Å². The summed E-state index contributed by atoms with van der Waals surface area (Å²) in [7, 11) is 0. The molecule has 0 amide bonds. The molecular weight excluding hydrogens is 319 g/mol. The predicted octanol–water partition coefficient (Wildman–Crippen LogP) is 4.70. The molecule has 0 unspecified atom stereocenters. The molecule has 0 saturated carbocycles. The third-order valence-corrected chi connectivity index (χ3v) is 3.77. The molecule has 0 aliphatic carbocycles. The molecule has 0 bridgehead atoms. The number of rotatable bonds is 6. The fourth-order valence-electron chi connectivity index (χ4n) is 2.60. The van der Waals surface area contributed by atoms with E-state index >= 15 is 0 Å². The number of hydrogen-bond acceptors (Lipinski definition) is 2. The van der Waals surface area contributed by atoms with Gasteiger partial charge in [0.2, 0.25) is 0 Å². The lowest BCUT2D eigenvalue weighted by atomic mass is 10.0. The first-order valence-electron chi connectivity index (χ1n) is 7.89. The van der Waals surface area contributed by atoms with Crippen LogP contribution in [0, 0.1) is 5.82 Å². The molecule has 3 aromatic rings. The van der Waals surface area contributed by atoms with Gasteiger partial charge in [0.05, 0.1) is 6.42 Å². The minimum Gasteiger partial charge on any atom is -0.488 e. The quantitative estimate of drug-likeness (QED) is 0.710. The van der Waals surface area contributed by atoms with Crippen molar-refractivity contribution < 1.29 is 19.0 Å². The summed E-state index contributed by atoms with van der Waals surface area (Å²) in [5.74, 6) is -0.679. The van der Waals surface area contributed by atoms with Gasteiger partial charge in [-0.15, -0.1) is 0 Å². The normalized spacial score (nSPS) is 10.4. The molecule has 0 spiro atoms. The molecule has 0 heterocycles. The number of carboxylic acids is 1. The first kappa shape index (κ1) is 16.7. The smallest absolute Gasteiger partial charge is 0.307 e. The Morgan fingerprint density at radius 2 is 1.72 bits per heavy atom. The van der Waals surface area contributed by atoms with Gasteiger partial charge in [-0.1, -0.05) is 48.5 Å². The zero-order valence-electron chi connectivity index (χ0n) is 13.5. The number of carboxylic acid groups (broad SMARTS) is 1.